The number of hydrogen-bond donors (Lipinski definition) is 2. The van der Waals surface area contributed by atoms with E-state index in [0.717, 1.165) is 28.0 Å². The van der Waals surface area contributed by atoms with Gasteiger partial charge in [-0.15, -0.1) is 11.3 Å². The van der Waals surface area contributed by atoms with Crippen LogP contribution < -0.4 is 15.4 Å². The molecule has 1 atom stereocenters. The molecule has 2 rings (SSSR count). The normalized spacial score (nSPS) is 12.8. The zero-order valence-corrected chi connectivity index (χ0v) is 16.0. The summed E-state index contributed by atoms with van der Waals surface area (Å²) in [5.41, 5.74) is 3.41. The summed E-state index contributed by atoms with van der Waals surface area (Å²) < 4.78 is 5.47. The summed E-state index contributed by atoms with van der Waals surface area (Å²) in [5.74, 6) is 1.62. The number of rotatable bonds is 5. The van der Waals surface area contributed by atoms with Crippen molar-refractivity contribution in [2.24, 2.45) is 4.99 Å². The van der Waals surface area contributed by atoms with Crippen molar-refractivity contribution >= 4 is 17.3 Å². The van der Waals surface area contributed by atoms with Crippen LogP contribution in [0.4, 0.5) is 0 Å². The zero-order valence-electron chi connectivity index (χ0n) is 15.2. The smallest absolute Gasteiger partial charge is 0.191 e. The van der Waals surface area contributed by atoms with Crippen LogP contribution in [-0.4, -0.2) is 25.1 Å². The van der Waals surface area contributed by atoms with Gasteiger partial charge in [-0.1, -0.05) is 17.7 Å². The summed E-state index contributed by atoms with van der Waals surface area (Å²) in [4.78, 5) is 10.1. The second-order valence-electron chi connectivity index (χ2n) is 5.79. The maximum Gasteiger partial charge on any atom is 0.191 e. The fourth-order valence-corrected chi connectivity index (χ4v) is 3.32. The monoisotopic (exact) mass is 346 g/mol. The fraction of sp³-hybridized carbons (Fsp3) is 0.444. The number of nitrogens with zero attached hydrogens (tertiary/aromatic N) is 2. The lowest BCUT2D eigenvalue weighted by molar-refractivity contribution is 0.405. The quantitative estimate of drug-likeness (QED) is 0.642. The Morgan fingerprint density at radius 1 is 1.33 bits per heavy atom. The molecule has 0 saturated heterocycles. The maximum absolute atomic E-state index is 5.47. The predicted molar refractivity (Wildman–Crippen MR) is 101 cm³/mol. The van der Waals surface area contributed by atoms with E-state index in [2.05, 4.69) is 53.5 Å². The lowest BCUT2D eigenvalue weighted by Crippen LogP contribution is -2.38. The van der Waals surface area contributed by atoms with Crippen molar-refractivity contribution in [1.82, 2.24) is 15.6 Å². The van der Waals surface area contributed by atoms with Crippen LogP contribution in [0.3, 0.4) is 0 Å². The first-order valence-electron chi connectivity index (χ1n) is 7.99. The number of aryl methyl sites for hydroxylation is 3. The average molecular weight is 347 g/mol. The van der Waals surface area contributed by atoms with Gasteiger partial charge in [-0.3, -0.25) is 4.99 Å². The lowest BCUT2D eigenvalue weighted by Gasteiger charge is -2.20. The number of aromatic nitrogens is 1. The Kier molecular flexibility index (Phi) is 6.20. The first-order valence-corrected chi connectivity index (χ1v) is 8.80. The summed E-state index contributed by atoms with van der Waals surface area (Å²) in [6.07, 6.45) is 0. The third-order valence-electron chi connectivity index (χ3n) is 3.91. The van der Waals surface area contributed by atoms with Crippen LogP contribution in [-0.2, 0) is 6.54 Å². The van der Waals surface area contributed by atoms with E-state index in [1.54, 1.807) is 25.5 Å². The fourth-order valence-electron chi connectivity index (χ4n) is 2.44. The first-order chi connectivity index (χ1) is 11.4. The van der Waals surface area contributed by atoms with Gasteiger partial charge in [0.05, 0.1) is 25.4 Å². The maximum atomic E-state index is 5.47. The van der Waals surface area contributed by atoms with E-state index in [1.165, 1.54) is 10.4 Å². The highest BCUT2D eigenvalue weighted by molar-refractivity contribution is 7.11. The van der Waals surface area contributed by atoms with Gasteiger partial charge in [-0.05, 0) is 33.8 Å². The van der Waals surface area contributed by atoms with Crippen LogP contribution in [0, 0.1) is 20.8 Å². The second-order valence-corrected chi connectivity index (χ2v) is 7.07. The highest BCUT2D eigenvalue weighted by Crippen LogP contribution is 2.26. The minimum absolute atomic E-state index is 0.0748. The van der Waals surface area contributed by atoms with Crippen molar-refractivity contribution in [2.75, 3.05) is 14.2 Å². The van der Waals surface area contributed by atoms with E-state index in [0.29, 0.717) is 6.54 Å². The largest absolute Gasteiger partial charge is 0.496 e. The van der Waals surface area contributed by atoms with E-state index < -0.39 is 0 Å². The van der Waals surface area contributed by atoms with Gasteiger partial charge in [0, 0.05) is 17.5 Å². The zero-order chi connectivity index (χ0) is 17.7. The molecule has 1 heterocycles. The van der Waals surface area contributed by atoms with E-state index in [9.17, 15) is 0 Å². The molecule has 5 nitrogen and oxygen atoms in total. The molecule has 0 aliphatic carbocycles. The summed E-state index contributed by atoms with van der Waals surface area (Å²) >= 11 is 1.71. The van der Waals surface area contributed by atoms with Crippen LogP contribution in [0.1, 0.15) is 39.7 Å². The van der Waals surface area contributed by atoms with E-state index in [1.807, 2.05) is 13.0 Å². The molecule has 1 aromatic carbocycles. The molecule has 0 bridgehead atoms. The number of benzene rings is 1. The van der Waals surface area contributed by atoms with Gasteiger partial charge in [-0.25, -0.2) is 4.98 Å². The van der Waals surface area contributed by atoms with Crippen molar-refractivity contribution in [3.63, 3.8) is 0 Å². The molecule has 0 spiro atoms. The van der Waals surface area contributed by atoms with Gasteiger partial charge in [0.25, 0.3) is 0 Å². The lowest BCUT2D eigenvalue weighted by atomic mass is 10.0. The van der Waals surface area contributed by atoms with Crippen molar-refractivity contribution in [1.29, 1.82) is 0 Å². The van der Waals surface area contributed by atoms with Gasteiger partial charge in [0.15, 0.2) is 5.96 Å². The van der Waals surface area contributed by atoms with E-state index in [4.69, 9.17) is 4.74 Å². The van der Waals surface area contributed by atoms with Gasteiger partial charge in [0.1, 0.15) is 10.8 Å². The van der Waals surface area contributed by atoms with Crippen LogP contribution in [0.2, 0.25) is 0 Å². The molecular weight excluding hydrogens is 320 g/mol. The number of thiazole rings is 1. The summed E-state index contributed by atoms with van der Waals surface area (Å²) in [7, 11) is 3.47. The van der Waals surface area contributed by atoms with Gasteiger partial charge < -0.3 is 15.4 Å². The number of guanidine groups is 1. The summed E-state index contributed by atoms with van der Waals surface area (Å²) in [6, 6.07) is 6.26. The molecule has 6 heteroatoms. The third-order valence-corrected chi connectivity index (χ3v) is 4.98. The Balaban J connectivity index is 2.03. The molecule has 0 aliphatic rings. The van der Waals surface area contributed by atoms with Crippen molar-refractivity contribution in [3.05, 3.63) is 44.9 Å². The molecule has 24 heavy (non-hydrogen) atoms. The molecule has 2 aromatic rings. The summed E-state index contributed by atoms with van der Waals surface area (Å²) in [6.45, 7) is 8.97. The van der Waals surface area contributed by atoms with Crippen LogP contribution in [0.15, 0.2) is 23.2 Å². The minimum atomic E-state index is 0.0748. The number of hydrogen-bond acceptors (Lipinski definition) is 4. The Hall–Kier alpha value is -2.08. The molecule has 130 valence electrons. The topological polar surface area (TPSA) is 58.5 Å². The molecule has 0 saturated carbocycles. The van der Waals surface area contributed by atoms with Crippen molar-refractivity contribution in [2.45, 2.75) is 40.3 Å². The van der Waals surface area contributed by atoms with Crippen molar-refractivity contribution < 1.29 is 4.74 Å². The molecule has 0 aliphatic heterocycles. The number of nitrogens with one attached hydrogen (secondary N) is 2. The molecule has 0 radical (unpaired) electrons. The standard InChI is InChI=1S/C18H26N4OS/c1-11-7-8-16(23-6)15(9-11)13(3)22-18(19-5)20-10-17-21-12(2)14(4)24-17/h7-9,13H,10H2,1-6H3,(H2,19,20,22). The van der Waals surface area contributed by atoms with Gasteiger partial charge >= 0.3 is 0 Å². The minimum Gasteiger partial charge on any atom is -0.496 e. The predicted octanol–water partition coefficient (Wildman–Crippen LogP) is 3.50. The second kappa shape index (κ2) is 8.15. The van der Waals surface area contributed by atoms with E-state index in [-0.39, 0.29) is 6.04 Å². The van der Waals surface area contributed by atoms with E-state index >= 15 is 0 Å². The number of methoxy groups -OCH3 is 1. The SMILES string of the molecule is CN=C(NCc1nc(C)c(C)s1)NC(C)c1cc(C)ccc1OC. The number of aliphatic imine (C=N–C) groups is 1. The Labute approximate surface area is 148 Å². The van der Waals surface area contributed by atoms with Crippen molar-refractivity contribution in [3.8, 4) is 5.75 Å². The molecule has 0 amide bonds. The Morgan fingerprint density at radius 2 is 2.08 bits per heavy atom. The molecule has 2 N–H and O–H groups in total. The molecular formula is C18H26N4OS. The highest BCUT2D eigenvalue weighted by atomic mass is 32.1. The summed E-state index contributed by atoms with van der Waals surface area (Å²) in [5, 5.41) is 7.80. The average Bonchev–Trinajstić information content (AvgIpc) is 2.89. The van der Waals surface area contributed by atoms with Gasteiger partial charge in [0.2, 0.25) is 0 Å². The molecule has 0 fully saturated rings. The highest BCUT2D eigenvalue weighted by Gasteiger charge is 2.13. The molecule has 1 unspecified atom stereocenters. The third kappa shape index (κ3) is 4.47. The Morgan fingerprint density at radius 3 is 2.67 bits per heavy atom. The van der Waals surface area contributed by atoms with Crippen LogP contribution in [0.5, 0.6) is 5.75 Å². The van der Waals surface area contributed by atoms with Crippen LogP contribution in [0.25, 0.3) is 0 Å². The Bertz CT molecular complexity index is 704. The number of ether oxygens (including phenoxy) is 1. The first kappa shape index (κ1) is 18.3. The van der Waals surface area contributed by atoms with Gasteiger partial charge in [-0.2, -0.15) is 0 Å². The molecule has 1 aromatic heterocycles. The van der Waals surface area contributed by atoms with Crippen LogP contribution >= 0.6 is 11.3 Å².